The van der Waals surface area contributed by atoms with Crippen LogP contribution in [0.1, 0.15) is 18.4 Å². The SMILES string of the molecule is O=C(Nc1cnn(Cc2ccccc2)c1)C1CCN(S(=O)(=O)c2ccc(Cl)cc2)CC1. The van der Waals surface area contributed by atoms with Crippen molar-refractivity contribution >= 4 is 33.2 Å². The van der Waals surface area contributed by atoms with Crippen LogP contribution in [0.15, 0.2) is 71.9 Å². The van der Waals surface area contributed by atoms with Gasteiger partial charge in [-0.3, -0.25) is 9.48 Å². The van der Waals surface area contributed by atoms with Gasteiger partial charge in [0.1, 0.15) is 0 Å². The van der Waals surface area contributed by atoms with Gasteiger partial charge in [-0.05, 0) is 42.7 Å². The molecular weight excluding hydrogens is 436 g/mol. The zero-order valence-corrected chi connectivity index (χ0v) is 18.4. The van der Waals surface area contributed by atoms with Crippen LogP contribution in [-0.2, 0) is 21.4 Å². The van der Waals surface area contributed by atoms with Crippen molar-refractivity contribution in [1.29, 1.82) is 0 Å². The van der Waals surface area contributed by atoms with Crippen LogP contribution in [0.3, 0.4) is 0 Å². The van der Waals surface area contributed by atoms with Gasteiger partial charge < -0.3 is 5.32 Å². The van der Waals surface area contributed by atoms with Crippen LogP contribution >= 0.6 is 11.6 Å². The van der Waals surface area contributed by atoms with E-state index in [-0.39, 0.29) is 16.7 Å². The van der Waals surface area contributed by atoms with Crippen LogP contribution < -0.4 is 5.32 Å². The van der Waals surface area contributed by atoms with Crippen molar-refractivity contribution in [1.82, 2.24) is 14.1 Å². The lowest BCUT2D eigenvalue weighted by Gasteiger charge is -2.30. The second-order valence-electron chi connectivity index (χ2n) is 7.53. The lowest BCUT2D eigenvalue weighted by atomic mass is 9.97. The molecule has 0 atom stereocenters. The molecule has 7 nitrogen and oxygen atoms in total. The fourth-order valence-corrected chi connectivity index (χ4v) is 5.24. The molecule has 0 unspecified atom stereocenters. The highest BCUT2D eigenvalue weighted by molar-refractivity contribution is 7.89. The van der Waals surface area contributed by atoms with E-state index in [2.05, 4.69) is 10.4 Å². The molecule has 0 saturated carbocycles. The van der Waals surface area contributed by atoms with Crippen molar-refractivity contribution in [2.24, 2.45) is 5.92 Å². The molecule has 0 bridgehead atoms. The molecule has 1 aromatic heterocycles. The second kappa shape index (κ2) is 9.21. The first-order valence-electron chi connectivity index (χ1n) is 10.0. The Morgan fingerprint density at radius 2 is 1.74 bits per heavy atom. The predicted molar refractivity (Wildman–Crippen MR) is 119 cm³/mol. The first-order chi connectivity index (χ1) is 14.9. The number of carbonyl (C=O) groups excluding carboxylic acids is 1. The number of aromatic nitrogens is 2. The van der Waals surface area contributed by atoms with Crippen LogP contribution in [-0.4, -0.2) is 41.5 Å². The zero-order chi connectivity index (χ0) is 21.8. The largest absolute Gasteiger partial charge is 0.323 e. The molecular formula is C22H23ClN4O3S. The molecule has 2 aromatic carbocycles. The van der Waals surface area contributed by atoms with E-state index in [4.69, 9.17) is 11.6 Å². The van der Waals surface area contributed by atoms with E-state index in [0.717, 1.165) is 5.56 Å². The Balaban J connectivity index is 1.32. The number of sulfonamides is 1. The van der Waals surface area contributed by atoms with Gasteiger partial charge in [-0.15, -0.1) is 0 Å². The van der Waals surface area contributed by atoms with Crippen LogP contribution in [0.5, 0.6) is 0 Å². The van der Waals surface area contributed by atoms with Crippen LogP contribution in [0, 0.1) is 5.92 Å². The molecule has 1 aliphatic heterocycles. The van der Waals surface area contributed by atoms with Gasteiger partial charge in [0, 0.05) is 30.2 Å². The molecule has 1 amide bonds. The molecule has 2 heterocycles. The summed E-state index contributed by atoms with van der Waals surface area (Å²) in [6.07, 6.45) is 4.36. The Hall–Kier alpha value is -2.68. The van der Waals surface area contributed by atoms with Gasteiger partial charge in [0.05, 0.1) is 23.3 Å². The normalized spacial score (nSPS) is 15.6. The third-order valence-corrected chi connectivity index (χ3v) is 7.53. The summed E-state index contributed by atoms with van der Waals surface area (Å²) in [5.74, 6) is -0.350. The van der Waals surface area contributed by atoms with E-state index in [1.165, 1.54) is 16.4 Å². The number of halogens is 1. The molecule has 162 valence electrons. The first-order valence-corrected chi connectivity index (χ1v) is 11.9. The summed E-state index contributed by atoms with van der Waals surface area (Å²) < 4.78 is 28.8. The van der Waals surface area contributed by atoms with Crippen LogP contribution in [0.25, 0.3) is 0 Å². The fourth-order valence-electron chi connectivity index (χ4n) is 3.64. The first kappa shape index (κ1) is 21.5. The topological polar surface area (TPSA) is 84.3 Å². The molecule has 4 rings (SSSR count). The lowest BCUT2D eigenvalue weighted by molar-refractivity contribution is -0.120. The van der Waals surface area contributed by atoms with Gasteiger partial charge in [0.15, 0.2) is 0 Å². The highest BCUT2D eigenvalue weighted by Gasteiger charge is 2.32. The summed E-state index contributed by atoms with van der Waals surface area (Å²) in [6, 6.07) is 16.1. The predicted octanol–water partition coefficient (Wildman–Crippen LogP) is 3.62. The standard InChI is InChI=1S/C22H23ClN4O3S/c23-19-6-8-21(9-7-19)31(29,30)27-12-10-18(11-13-27)22(28)25-20-14-24-26(16-20)15-17-4-2-1-3-5-17/h1-9,14,16,18H,10-13,15H2,(H,25,28). The third-order valence-electron chi connectivity index (χ3n) is 5.36. The van der Waals surface area contributed by atoms with Gasteiger partial charge in [-0.25, -0.2) is 8.42 Å². The number of rotatable bonds is 6. The number of nitrogens with one attached hydrogen (secondary N) is 1. The summed E-state index contributed by atoms with van der Waals surface area (Å²) >= 11 is 5.85. The maximum Gasteiger partial charge on any atom is 0.243 e. The second-order valence-corrected chi connectivity index (χ2v) is 9.91. The van der Waals surface area contributed by atoms with E-state index in [1.807, 2.05) is 30.3 Å². The Kier molecular flexibility index (Phi) is 6.41. The fraction of sp³-hybridized carbons (Fsp3) is 0.273. The summed E-state index contributed by atoms with van der Waals surface area (Å²) in [5.41, 5.74) is 1.76. The number of benzene rings is 2. The van der Waals surface area contributed by atoms with E-state index >= 15 is 0 Å². The number of hydrogen-bond acceptors (Lipinski definition) is 4. The Morgan fingerprint density at radius 3 is 2.42 bits per heavy atom. The van der Waals surface area contributed by atoms with Gasteiger partial charge in [-0.2, -0.15) is 9.40 Å². The number of piperidine rings is 1. The number of anilines is 1. The number of carbonyl (C=O) groups is 1. The van der Waals surface area contributed by atoms with Crippen molar-refractivity contribution in [2.45, 2.75) is 24.3 Å². The minimum absolute atomic E-state index is 0.109. The maximum absolute atomic E-state index is 12.8. The highest BCUT2D eigenvalue weighted by Crippen LogP contribution is 2.25. The Morgan fingerprint density at radius 1 is 1.06 bits per heavy atom. The number of hydrogen-bond donors (Lipinski definition) is 1. The number of nitrogens with zero attached hydrogens (tertiary/aromatic N) is 3. The maximum atomic E-state index is 12.8. The summed E-state index contributed by atoms with van der Waals surface area (Å²) in [7, 11) is -3.58. The van der Waals surface area contributed by atoms with Gasteiger partial charge in [0.2, 0.25) is 15.9 Å². The molecule has 1 aliphatic rings. The van der Waals surface area contributed by atoms with E-state index < -0.39 is 10.0 Å². The summed E-state index contributed by atoms with van der Waals surface area (Å²) in [6.45, 7) is 1.23. The zero-order valence-electron chi connectivity index (χ0n) is 16.8. The highest BCUT2D eigenvalue weighted by atomic mass is 35.5. The Labute approximate surface area is 186 Å². The van der Waals surface area contributed by atoms with Gasteiger partial charge in [0.25, 0.3) is 0 Å². The summed E-state index contributed by atoms with van der Waals surface area (Å²) in [4.78, 5) is 12.9. The van der Waals surface area contributed by atoms with Gasteiger partial charge in [-0.1, -0.05) is 41.9 Å². The van der Waals surface area contributed by atoms with E-state index in [0.29, 0.717) is 43.2 Å². The summed E-state index contributed by atoms with van der Waals surface area (Å²) in [5, 5.41) is 7.69. The molecule has 1 N–H and O–H groups in total. The molecule has 3 aromatic rings. The van der Waals surface area contributed by atoms with Crippen LogP contribution in [0.2, 0.25) is 5.02 Å². The van der Waals surface area contributed by atoms with Crippen molar-refractivity contribution < 1.29 is 13.2 Å². The van der Waals surface area contributed by atoms with Crippen molar-refractivity contribution in [2.75, 3.05) is 18.4 Å². The van der Waals surface area contributed by atoms with Crippen LogP contribution in [0.4, 0.5) is 5.69 Å². The average Bonchev–Trinajstić information content (AvgIpc) is 3.21. The molecule has 31 heavy (non-hydrogen) atoms. The molecule has 0 aliphatic carbocycles. The minimum atomic E-state index is -3.58. The third kappa shape index (κ3) is 5.15. The molecule has 1 saturated heterocycles. The molecule has 0 spiro atoms. The monoisotopic (exact) mass is 458 g/mol. The average molecular weight is 459 g/mol. The molecule has 9 heteroatoms. The van der Waals surface area contributed by atoms with Crippen molar-refractivity contribution in [3.05, 3.63) is 77.6 Å². The lowest BCUT2D eigenvalue weighted by Crippen LogP contribution is -2.41. The molecule has 0 radical (unpaired) electrons. The van der Waals surface area contributed by atoms with Crippen molar-refractivity contribution in [3.63, 3.8) is 0 Å². The number of amides is 1. The van der Waals surface area contributed by atoms with Gasteiger partial charge >= 0.3 is 0 Å². The van der Waals surface area contributed by atoms with E-state index in [1.54, 1.807) is 29.2 Å². The molecule has 1 fully saturated rings. The minimum Gasteiger partial charge on any atom is -0.323 e. The van der Waals surface area contributed by atoms with E-state index in [9.17, 15) is 13.2 Å². The van der Waals surface area contributed by atoms with Crippen molar-refractivity contribution in [3.8, 4) is 0 Å². The quantitative estimate of drug-likeness (QED) is 0.611. The Bertz CT molecular complexity index is 1140. The smallest absolute Gasteiger partial charge is 0.243 e.